The first-order valence-electron chi connectivity index (χ1n) is 9.16. The number of nitriles is 1. The molecule has 0 radical (unpaired) electrons. The van der Waals surface area contributed by atoms with Crippen molar-refractivity contribution >= 4 is 23.0 Å². The number of carbonyl (C=O) groups is 1. The Morgan fingerprint density at radius 3 is 2.62 bits per heavy atom. The van der Waals surface area contributed by atoms with Crippen molar-refractivity contribution in [1.29, 1.82) is 5.26 Å². The number of pyridine rings is 1. The van der Waals surface area contributed by atoms with Crippen molar-refractivity contribution in [2.24, 2.45) is 0 Å². The number of H-pyrrole nitrogens is 1. The highest BCUT2D eigenvalue weighted by molar-refractivity contribution is 6.01. The monoisotopic (exact) mass is 378 g/mol. The molecule has 0 unspecified atom stereocenters. The minimum atomic E-state index is -0.402. The molecule has 29 heavy (non-hydrogen) atoms. The Kier molecular flexibility index (Phi) is 4.91. The van der Waals surface area contributed by atoms with Crippen LogP contribution in [0.3, 0.4) is 0 Å². The van der Waals surface area contributed by atoms with Gasteiger partial charge in [-0.25, -0.2) is 4.98 Å². The Bertz CT molecular complexity index is 1260. The standard InChI is InChI=1S/C24H18N4O/c1-26-24(29)19(13-25)11-16-6-5-9-18(10-16)20-12-21-22(15-28-23(21)27-14-20)17-7-3-2-4-8-17/h2-12,14-15H,1H3,(H,26,29)(H,27,28)/b19-11+. The second-order valence-electron chi connectivity index (χ2n) is 6.56. The highest BCUT2D eigenvalue weighted by Gasteiger charge is 2.10. The van der Waals surface area contributed by atoms with Gasteiger partial charge < -0.3 is 10.3 Å². The smallest absolute Gasteiger partial charge is 0.261 e. The fraction of sp³-hybridized carbons (Fsp3) is 0.0417. The lowest BCUT2D eigenvalue weighted by Crippen LogP contribution is -2.19. The van der Waals surface area contributed by atoms with Gasteiger partial charge in [-0.2, -0.15) is 5.26 Å². The molecule has 5 heteroatoms. The highest BCUT2D eigenvalue weighted by Crippen LogP contribution is 2.31. The van der Waals surface area contributed by atoms with Crippen molar-refractivity contribution < 1.29 is 4.79 Å². The average Bonchev–Trinajstić information content (AvgIpc) is 3.21. The Morgan fingerprint density at radius 1 is 1.07 bits per heavy atom. The largest absolute Gasteiger partial charge is 0.354 e. The third kappa shape index (κ3) is 3.64. The Balaban J connectivity index is 1.77. The predicted octanol–water partition coefficient (Wildman–Crippen LogP) is 4.55. The summed E-state index contributed by atoms with van der Waals surface area (Å²) in [5, 5.41) is 12.7. The van der Waals surface area contributed by atoms with Crippen molar-refractivity contribution in [2.75, 3.05) is 7.05 Å². The van der Waals surface area contributed by atoms with E-state index in [1.165, 1.54) is 7.05 Å². The number of aromatic nitrogens is 2. The number of amides is 1. The summed E-state index contributed by atoms with van der Waals surface area (Å²) < 4.78 is 0. The lowest BCUT2D eigenvalue weighted by atomic mass is 10.0. The van der Waals surface area contributed by atoms with Gasteiger partial charge in [0.2, 0.25) is 0 Å². The molecule has 0 fully saturated rings. The summed E-state index contributed by atoms with van der Waals surface area (Å²) in [5.74, 6) is -0.402. The summed E-state index contributed by atoms with van der Waals surface area (Å²) in [4.78, 5) is 19.6. The van der Waals surface area contributed by atoms with E-state index in [0.29, 0.717) is 0 Å². The molecule has 5 nitrogen and oxygen atoms in total. The Morgan fingerprint density at radius 2 is 1.86 bits per heavy atom. The molecule has 2 heterocycles. The molecular formula is C24H18N4O. The van der Waals surface area contributed by atoms with E-state index in [4.69, 9.17) is 0 Å². The van der Waals surface area contributed by atoms with E-state index in [9.17, 15) is 10.1 Å². The van der Waals surface area contributed by atoms with Gasteiger partial charge >= 0.3 is 0 Å². The fourth-order valence-corrected chi connectivity index (χ4v) is 3.28. The van der Waals surface area contributed by atoms with Crippen LogP contribution in [0.2, 0.25) is 0 Å². The fourth-order valence-electron chi connectivity index (χ4n) is 3.28. The number of rotatable bonds is 4. The molecule has 0 aliphatic heterocycles. The summed E-state index contributed by atoms with van der Waals surface area (Å²) in [6.45, 7) is 0. The van der Waals surface area contributed by atoms with E-state index in [2.05, 4.69) is 33.5 Å². The number of hydrogen-bond acceptors (Lipinski definition) is 3. The van der Waals surface area contributed by atoms with Crippen LogP contribution >= 0.6 is 0 Å². The molecule has 4 aromatic rings. The molecule has 1 amide bonds. The Labute approximate surface area is 168 Å². The second-order valence-corrected chi connectivity index (χ2v) is 6.56. The van der Waals surface area contributed by atoms with E-state index in [-0.39, 0.29) is 5.57 Å². The molecule has 0 spiro atoms. The summed E-state index contributed by atoms with van der Waals surface area (Å²) in [6, 6.07) is 21.9. The van der Waals surface area contributed by atoms with Crippen LogP contribution in [0.15, 0.2) is 78.6 Å². The maximum Gasteiger partial charge on any atom is 0.261 e. The number of benzene rings is 2. The van der Waals surface area contributed by atoms with Gasteiger partial charge in [0.1, 0.15) is 17.3 Å². The highest BCUT2D eigenvalue weighted by atomic mass is 16.1. The molecular weight excluding hydrogens is 360 g/mol. The maximum absolute atomic E-state index is 11.8. The quantitative estimate of drug-likeness (QED) is 0.404. The summed E-state index contributed by atoms with van der Waals surface area (Å²) >= 11 is 0. The number of aromatic amines is 1. The van der Waals surface area contributed by atoms with Crippen LogP contribution < -0.4 is 5.32 Å². The van der Waals surface area contributed by atoms with E-state index in [1.807, 2.05) is 60.9 Å². The zero-order chi connectivity index (χ0) is 20.2. The Hall–Kier alpha value is -4.17. The number of likely N-dealkylation sites (N-methyl/N-ethyl adjacent to an activating group) is 1. The van der Waals surface area contributed by atoms with Gasteiger partial charge in [-0.3, -0.25) is 4.79 Å². The van der Waals surface area contributed by atoms with Crippen LogP contribution in [0.5, 0.6) is 0 Å². The van der Waals surface area contributed by atoms with Crippen LogP contribution in [0.1, 0.15) is 5.56 Å². The van der Waals surface area contributed by atoms with Crippen molar-refractivity contribution in [1.82, 2.24) is 15.3 Å². The van der Waals surface area contributed by atoms with Crippen molar-refractivity contribution in [3.05, 3.63) is 84.2 Å². The van der Waals surface area contributed by atoms with Crippen LogP contribution in [0.25, 0.3) is 39.4 Å². The zero-order valence-electron chi connectivity index (χ0n) is 15.8. The van der Waals surface area contributed by atoms with Gasteiger partial charge in [-0.15, -0.1) is 0 Å². The molecule has 0 aliphatic carbocycles. The van der Waals surface area contributed by atoms with E-state index >= 15 is 0 Å². The molecule has 4 rings (SSSR count). The first-order chi connectivity index (χ1) is 14.2. The van der Waals surface area contributed by atoms with Crippen molar-refractivity contribution in [3.63, 3.8) is 0 Å². The first-order valence-corrected chi connectivity index (χ1v) is 9.16. The van der Waals surface area contributed by atoms with Crippen molar-refractivity contribution in [2.45, 2.75) is 0 Å². The maximum atomic E-state index is 11.8. The summed E-state index contributed by atoms with van der Waals surface area (Å²) in [7, 11) is 1.51. The summed E-state index contributed by atoms with van der Waals surface area (Å²) in [6.07, 6.45) is 5.37. The van der Waals surface area contributed by atoms with Gasteiger partial charge in [0.25, 0.3) is 5.91 Å². The second kappa shape index (κ2) is 7.83. The topological polar surface area (TPSA) is 81.6 Å². The molecule has 140 valence electrons. The van der Waals surface area contributed by atoms with Crippen LogP contribution in [-0.2, 0) is 4.79 Å². The third-order valence-corrected chi connectivity index (χ3v) is 4.74. The number of carbonyl (C=O) groups excluding carboxylic acids is 1. The molecule has 2 N–H and O–H groups in total. The minimum absolute atomic E-state index is 0.0650. The van der Waals surface area contributed by atoms with Crippen LogP contribution in [-0.4, -0.2) is 22.9 Å². The normalized spacial score (nSPS) is 11.2. The molecule has 2 aromatic heterocycles. The molecule has 0 aliphatic rings. The van der Waals surface area contributed by atoms with Crippen LogP contribution in [0, 0.1) is 11.3 Å². The molecule has 0 saturated carbocycles. The number of nitrogens with one attached hydrogen (secondary N) is 2. The molecule has 0 atom stereocenters. The van der Waals surface area contributed by atoms with Gasteiger partial charge in [-0.05, 0) is 34.9 Å². The van der Waals surface area contributed by atoms with Gasteiger partial charge in [0.05, 0.1) is 0 Å². The van der Waals surface area contributed by atoms with Gasteiger partial charge in [0.15, 0.2) is 0 Å². The lowest BCUT2D eigenvalue weighted by Gasteiger charge is -2.05. The van der Waals surface area contributed by atoms with Gasteiger partial charge in [0, 0.05) is 36.0 Å². The molecule has 2 aromatic carbocycles. The average molecular weight is 378 g/mol. The summed E-state index contributed by atoms with van der Waals surface area (Å²) in [5.41, 5.74) is 5.81. The third-order valence-electron chi connectivity index (χ3n) is 4.74. The van der Waals surface area contributed by atoms with Crippen LogP contribution in [0.4, 0.5) is 0 Å². The number of fused-ring (bicyclic) bond motifs is 1. The molecule has 0 saturated heterocycles. The molecule has 0 bridgehead atoms. The van der Waals surface area contributed by atoms with Crippen molar-refractivity contribution in [3.8, 4) is 28.3 Å². The zero-order valence-corrected chi connectivity index (χ0v) is 15.8. The predicted molar refractivity (Wildman–Crippen MR) is 115 cm³/mol. The number of hydrogen-bond donors (Lipinski definition) is 2. The number of nitrogens with zero attached hydrogens (tertiary/aromatic N) is 2. The SMILES string of the molecule is CNC(=O)/C(C#N)=C/c1cccc(-c2cnc3[nH]cc(-c4ccccc4)c3c2)c1. The first kappa shape index (κ1) is 18.2. The van der Waals surface area contributed by atoms with E-state index in [1.54, 1.807) is 6.08 Å². The minimum Gasteiger partial charge on any atom is -0.354 e. The van der Waals surface area contributed by atoms with E-state index in [0.717, 1.165) is 38.9 Å². The van der Waals surface area contributed by atoms with E-state index < -0.39 is 5.91 Å². The van der Waals surface area contributed by atoms with Gasteiger partial charge in [-0.1, -0.05) is 48.5 Å². The lowest BCUT2D eigenvalue weighted by molar-refractivity contribution is -0.116.